The van der Waals surface area contributed by atoms with Crippen LogP contribution in [0.5, 0.6) is 0 Å². The van der Waals surface area contributed by atoms with Crippen LogP contribution in [0.1, 0.15) is 201 Å². The molecule has 1 atom stereocenters. The molecule has 0 radical (unpaired) electrons. The predicted octanol–water partition coefficient (Wildman–Crippen LogP) is 16.5. The van der Waals surface area contributed by atoms with Gasteiger partial charge in [-0.05, 0) is 109 Å². The van der Waals surface area contributed by atoms with Gasteiger partial charge >= 0.3 is 17.9 Å². The highest BCUT2D eigenvalue weighted by Gasteiger charge is 2.19. The van der Waals surface area contributed by atoms with Crippen LogP contribution in [-0.2, 0) is 28.6 Å². The Morgan fingerprint density at radius 2 is 0.698 bits per heavy atom. The fraction of sp³-hybridized carbons (Fsp3) is 0.596. The maximum atomic E-state index is 12.8. The number of hydrogen-bond donors (Lipinski definition) is 0. The second-order valence-corrected chi connectivity index (χ2v) is 16.0. The van der Waals surface area contributed by atoms with E-state index in [0.717, 1.165) is 116 Å². The van der Waals surface area contributed by atoms with Gasteiger partial charge < -0.3 is 14.2 Å². The van der Waals surface area contributed by atoms with E-state index in [0.29, 0.717) is 19.3 Å². The average Bonchev–Trinajstić information content (AvgIpc) is 3.28. The van der Waals surface area contributed by atoms with E-state index in [2.05, 4.69) is 106 Å². The van der Waals surface area contributed by atoms with E-state index in [9.17, 15) is 14.4 Å². The minimum Gasteiger partial charge on any atom is -0.462 e. The van der Waals surface area contributed by atoms with Gasteiger partial charge in [-0.3, -0.25) is 14.4 Å². The lowest BCUT2D eigenvalue weighted by atomic mass is 10.1. The summed E-state index contributed by atoms with van der Waals surface area (Å²) in [6, 6.07) is 0. The van der Waals surface area contributed by atoms with Crippen molar-refractivity contribution >= 4 is 17.9 Å². The van der Waals surface area contributed by atoms with Crippen molar-refractivity contribution in [2.45, 2.75) is 207 Å². The number of rotatable bonds is 43. The summed E-state index contributed by atoms with van der Waals surface area (Å²) in [7, 11) is 0. The Morgan fingerprint density at radius 3 is 1.17 bits per heavy atom. The summed E-state index contributed by atoms with van der Waals surface area (Å²) in [4.78, 5) is 37.9. The fourth-order valence-corrected chi connectivity index (χ4v) is 6.29. The third-order valence-corrected chi connectivity index (χ3v) is 10.0. The van der Waals surface area contributed by atoms with Crippen molar-refractivity contribution in [2.24, 2.45) is 0 Å². The average molecular weight is 871 g/mol. The van der Waals surface area contributed by atoms with E-state index >= 15 is 0 Å². The molecular formula is C57H90O6. The van der Waals surface area contributed by atoms with Gasteiger partial charge in [0, 0.05) is 19.3 Å². The molecule has 0 bridgehead atoms. The van der Waals surface area contributed by atoms with Crippen LogP contribution in [0.3, 0.4) is 0 Å². The molecule has 6 heteroatoms. The highest BCUT2D eigenvalue weighted by molar-refractivity contribution is 5.71. The zero-order chi connectivity index (χ0) is 45.8. The lowest BCUT2D eigenvalue weighted by molar-refractivity contribution is -0.167. The Bertz CT molecular complexity index is 1370. The lowest BCUT2D eigenvalue weighted by Crippen LogP contribution is -2.30. The Morgan fingerprint density at radius 1 is 0.349 bits per heavy atom. The first-order valence-electron chi connectivity index (χ1n) is 25.1. The molecule has 1 unspecified atom stereocenters. The molecule has 0 spiro atoms. The quantitative estimate of drug-likeness (QED) is 0.0200. The Balaban J connectivity index is 4.53. The number of carbonyl (C=O) groups excluding carboxylic acids is 3. The molecule has 0 saturated carbocycles. The van der Waals surface area contributed by atoms with Gasteiger partial charge in [-0.2, -0.15) is 0 Å². The van der Waals surface area contributed by atoms with Gasteiger partial charge in [-0.1, -0.05) is 194 Å². The van der Waals surface area contributed by atoms with Crippen LogP contribution in [0.25, 0.3) is 0 Å². The van der Waals surface area contributed by atoms with Crippen LogP contribution in [0.2, 0.25) is 0 Å². The van der Waals surface area contributed by atoms with E-state index in [1.807, 2.05) is 36.5 Å². The Kier molecular flexibility index (Phi) is 47.1. The van der Waals surface area contributed by atoms with Crippen molar-refractivity contribution in [1.29, 1.82) is 0 Å². The highest BCUT2D eigenvalue weighted by atomic mass is 16.6. The maximum absolute atomic E-state index is 12.8. The summed E-state index contributed by atoms with van der Waals surface area (Å²) in [5.74, 6) is -1.01. The fourth-order valence-electron chi connectivity index (χ4n) is 6.29. The van der Waals surface area contributed by atoms with Gasteiger partial charge in [0.25, 0.3) is 0 Å². The lowest BCUT2D eigenvalue weighted by Gasteiger charge is -2.18. The summed E-state index contributed by atoms with van der Waals surface area (Å²) in [5.41, 5.74) is 0. The monoisotopic (exact) mass is 871 g/mol. The molecular weight excluding hydrogens is 781 g/mol. The summed E-state index contributed by atoms with van der Waals surface area (Å²) >= 11 is 0. The predicted molar refractivity (Wildman–Crippen MR) is 269 cm³/mol. The molecule has 0 heterocycles. The van der Waals surface area contributed by atoms with E-state index in [1.165, 1.54) is 38.5 Å². The van der Waals surface area contributed by atoms with Gasteiger partial charge in [-0.15, -0.1) is 0 Å². The van der Waals surface area contributed by atoms with E-state index in [4.69, 9.17) is 14.2 Å². The third kappa shape index (κ3) is 48.7. The van der Waals surface area contributed by atoms with E-state index in [1.54, 1.807) is 0 Å². The van der Waals surface area contributed by atoms with Crippen molar-refractivity contribution in [1.82, 2.24) is 0 Å². The first-order chi connectivity index (χ1) is 31.0. The molecule has 354 valence electrons. The smallest absolute Gasteiger partial charge is 0.306 e. The van der Waals surface area contributed by atoms with Crippen LogP contribution < -0.4 is 0 Å². The number of ether oxygens (including phenoxy) is 3. The Labute approximate surface area is 386 Å². The molecule has 0 amide bonds. The van der Waals surface area contributed by atoms with Gasteiger partial charge in [0.1, 0.15) is 13.2 Å². The molecule has 0 aromatic heterocycles. The molecule has 6 nitrogen and oxygen atoms in total. The number of esters is 3. The summed E-state index contributed by atoms with van der Waals surface area (Å²) < 4.78 is 16.7. The molecule has 0 rings (SSSR count). The minimum absolute atomic E-state index is 0.116. The maximum Gasteiger partial charge on any atom is 0.306 e. The molecule has 0 saturated heterocycles. The largest absolute Gasteiger partial charge is 0.462 e. The second kappa shape index (κ2) is 50.5. The zero-order valence-electron chi connectivity index (χ0n) is 40.3. The van der Waals surface area contributed by atoms with Crippen molar-refractivity contribution < 1.29 is 28.6 Å². The molecule has 0 aliphatic rings. The van der Waals surface area contributed by atoms with Gasteiger partial charge in [0.15, 0.2) is 6.10 Å². The Hall–Kier alpha value is -4.19. The summed E-state index contributed by atoms with van der Waals surface area (Å²) in [6.07, 6.45) is 69.0. The zero-order valence-corrected chi connectivity index (χ0v) is 40.3. The van der Waals surface area contributed by atoms with E-state index in [-0.39, 0.29) is 37.5 Å². The number of unbranched alkanes of at least 4 members (excludes halogenated alkanes) is 15. The molecule has 0 aromatic carbocycles. The summed E-state index contributed by atoms with van der Waals surface area (Å²) in [5, 5.41) is 0. The van der Waals surface area contributed by atoms with Crippen LogP contribution >= 0.6 is 0 Å². The number of allylic oxidation sites excluding steroid dienone is 20. The number of hydrogen-bond acceptors (Lipinski definition) is 6. The SMILES string of the molecule is CC/C=C/C=C/C=C/C=C/CCCCCC(=O)OC(COC(=O)CCCCC/C=C/C/C=C/C/C=C/C/C=C/C/C=C/CC)COC(=O)CCCCC/C=C/CCCCCCCC. The standard InChI is InChI=1S/C57H90O6/c1-4-7-10-13-16-19-22-25-26-27-28-29-30-33-35-38-41-44-47-50-56(59)62-53-54(63-57(60)51-48-45-42-39-36-32-24-21-18-15-12-9-6-3)52-61-55(58)49-46-43-40-37-34-31-23-20-17-14-11-8-5-2/h7,9-10,12,15-16,18-19,21,24-26,28-29,31-36,54H,4-6,8,11,13-14,17,20,22-23,27,30,37-53H2,1-3H3/b10-7+,12-9+,18-15+,19-16+,24-21+,26-25+,29-28+,34-31+,35-33+,36-32+. The van der Waals surface area contributed by atoms with Crippen LogP contribution in [0.4, 0.5) is 0 Å². The van der Waals surface area contributed by atoms with Crippen molar-refractivity contribution in [3.05, 3.63) is 122 Å². The van der Waals surface area contributed by atoms with E-state index < -0.39 is 6.10 Å². The van der Waals surface area contributed by atoms with Crippen LogP contribution in [0.15, 0.2) is 122 Å². The molecule has 63 heavy (non-hydrogen) atoms. The molecule has 0 aliphatic heterocycles. The van der Waals surface area contributed by atoms with Crippen LogP contribution in [-0.4, -0.2) is 37.2 Å². The molecule has 0 fully saturated rings. The topological polar surface area (TPSA) is 78.9 Å². The van der Waals surface area contributed by atoms with Gasteiger partial charge in [-0.25, -0.2) is 0 Å². The number of carbonyl (C=O) groups is 3. The first-order valence-corrected chi connectivity index (χ1v) is 25.1. The third-order valence-electron chi connectivity index (χ3n) is 10.0. The van der Waals surface area contributed by atoms with Crippen molar-refractivity contribution in [2.75, 3.05) is 13.2 Å². The van der Waals surface area contributed by atoms with Crippen molar-refractivity contribution in [3.8, 4) is 0 Å². The second-order valence-electron chi connectivity index (χ2n) is 16.0. The normalized spacial score (nSPS) is 13.1. The minimum atomic E-state index is -0.821. The van der Waals surface area contributed by atoms with Gasteiger partial charge in [0.2, 0.25) is 0 Å². The van der Waals surface area contributed by atoms with Gasteiger partial charge in [0.05, 0.1) is 0 Å². The van der Waals surface area contributed by atoms with Crippen LogP contribution in [0, 0.1) is 0 Å². The molecule has 0 N–H and O–H groups in total. The molecule has 0 aliphatic carbocycles. The highest BCUT2D eigenvalue weighted by Crippen LogP contribution is 2.12. The first kappa shape index (κ1) is 58.8. The summed E-state index contributed by atoms with van der Waals surface area (Å²) in [6.45, 7) is 6.27. The molecule has 0 aromatic rings. The van der Waals surface area contributed by atoms with Crippen molar-refractivity contribution in [3.63, 3.8) is 0 Å².